The topological polar surface area (TPSA) is 101 Å². The minimum absolute atomic E-state index is 0.0519. The van der Waals surface area contributed by atoms with Gasteiger partial charge in [-0.05, 0) is 43.4 Å². The van der Waals surface area contributed by atoms with E-state index in [9.17, 15) is 25.5 Å². The van der Waals surface area contributed by atoms with Crippen LogP contribution in [0.25, 0.3) is 0 Å². The second-order valence-electron chi connectivity index (χ2n) is 9.68. The first-order valence-electron chi connectivity index (χ1n) is 9.69. The van der Waals surface area contributed by atoms with Crippen LogP contribution in [0.4, 0.5) is 0 Å². The second-order valence-corrected chi connectivity index (χ2v) is 9.68. The lowest BCUT2D eigenvalue weighted by atomic mass is 9.39. The van der Waals surface area contributed by atoms with E-state index in [-0.39, 0.29) is 36.9 Å². The molecule has 0 aliphatic heterocycles. The summed E-state index contributed by atoms with van der Waals surface area (Å²) < 4.78 is 0. The van der Waals surface area contributed by atoms with E-state index in [1.165, 1.54) is 5.57 Å². The Morgan fingerprint density at radius 2 is 1.76 bits per heavy atom. The highest BCUT2D eigenvalue weighted by atomic mass is 16.3. The number of aliphatic hydroxyl groups excluding tert-OH is 4. The summed E-state index contributed by atoms with van der Waals surface area (Å²) in [5.41, 5.74) is -1.20. The fourth-order valence-corrected chi connectivity index (χ4v) is 7.35. The molecule has 5 nitrogen and oxygen atoms in total. The summed E-state index contributed by atoms with van der Waals surface area (Å²) in [7, 11) is 0. The predicted octanol–water partition coefficient (Wildman–Crippen LogP) is 0.977. The van der Waals surface area contributed by atoms with Crippen LogP contribution in [-0.2, 0) is 0 Å². The molecule has 0 aromatic heterocycles. The van der Waals surface area contributed by atoms with Gasteiger partial charge in [0.15, 0.2) is 0 Å². The first-order valence-corrected chi connectivity index (χ1v) is 9.69. The van der Waals surface area contributed by atoms with Gasteiger partial charge in [-0.1, -0.05) is 25.5 Å². The first-order chi connectivity index (χ1) is 11.7. The molecule has 0 saturated heterocycles. The molecule has 0 aromatic carbocycles. The summed E-state index contributed by atoms with van der Waals surface area (Å²) >= 11 is 0. The number of hydrogen-bond donors (Lipinski definition) is 5. The van der Waals surface area contributed by atoms with E-state index in [2.05, 4.69) is 13.0 Å². The zero-order valence-corrected chi connectivity index (χ0v) is 15.3. The van der Waals surface area contributed by atoms with Gasteiger partial charge in [-0.15, -0.1) is 0 Å². The van der Waals surface area contributed by atoms with E-state index >= 15 is 0 Å². The Balaban J connectivity index is 1.82. The molecule has 142 valence electrons. The Hall–Kier alpha value is -0.460. The Labute approximate surface area is 149 Å². The summed E-state index contributed by atoms with van der Waals surface area (Å²) in [6.07, 6.45) is 4.89. The quantitative estimate of drug-likeness (QED) is 0.477. The average Bonchev–Trinajstić information content (AvgIpc) is 2.97. The van der Waals surface area contributed by atoms with E-state index in [0.717, 1.165) is 19.3 Å². The van der Waals surface area contributed by atoms with Gasteiger partial charge in [-0.25, -0.2) is 0 Å². The lowest BCUT2D eigenvalue weighted by Crippen LogP contribution is -2.66. The van der Waals surface area contributed by atoms with Crippen molar-refractivity contribution in [3.63, 3.8) is 0 Å². The van der Waals surface area contributed by atoms with Gasteiger partial charge in [0.25, 0.3) is 0 Å². The highest BCUT2D eigenvalue weighted by Crippen LogP contribution is 2.73. The molecule has 4 rings (SSSR count). The maximum Gasteiger partial charge on any atom is 0.0964 e. The van der Waals surface area contributed by atoms with E-state index in [1.807, 2.05) is 6.92 Å². The van der Waals surface area contributed by atoms with Crippen LogP contribution in [0.2, 0.25) is 0 Å². The van der Waals surface area contributed by atoms with E-state index in [4.69, 9.17) is 0 Å². The van der Waals surface area contributed by atoms with Crippen LogP contribution >= 0.6 is 0 Å². The number of fused-ring (bicyclic) bond motifs is 2. The van der Waals surface area contributed by atoms with Crippen LogP contribution in [0.1, 0.15) is 52.4 Å². The lowest BCUT2D eigenvalue weighted by molar-refractivity contribution is -0.226. The Kier molecular flexibility index (Phi) is 3.80. The lowest BCUT2D eigenvalue weighted by Gasteiger charge is -2.66. The molecule has 0 heterocycles. The molecule has 8 atom stereocenters. The molecule has 4 aliphatic carbocycles. The van der Waals surface area contributed by atoms with E-state index < -0.39 is 28.6 Å². The minimum atomic E-state index is -1.24. The SMILES string of the molecule is CC1(CO)C(O)CCC2(C)C1CCC1=CC3CC12C(O)CC3(O)CO. The molecule has 1 spiro atoms. The highest BCUT2D eigenvalue weighted by Gasteiger charge is 2.70. The van der Waals surface area contributed by atoms with Crippen LogP contribution in [0.5, 0.6) is 0 Å². The zero-order chi connectivity index (χ0) is 18.3. The Morgan fingerprint density at radius 3 is 2.40 bits per heavy atom. The van der Waals surface area contributed by atoms with Gasteiger partial charge in [0.1, 0.15) is 0 Å². The molecule has 4 aliphatic rings. The molecule has 0 aromatic rings. The van der Waals surface area contributed by atoms with Crippen LogP contribution in [0, 0.1) is 28.1 Å². The molecule has 2 bridgehead atoms. The molecule has 8 unspecified atom stereocenters. The van der Waals surface area contributed by atoms with Gasteiger partial charge in [0.05, 0.1) is 31.0 Å². The zero-order valence-electron chi connectivity index (χ0n) is 15.3. The predicted molar refractivity (Wildman–Crippen MR) is 92.5 cm³/mol. The van der Waals surface area contributed by atoms with Gasteiger partial charge >= 0.3 is 0 Å². The van der Waals surface area contributed by atoms with Gasteiger partial charge in [-0.2, -0.15) is 0 Å². The number of hydrogen-bond acceptors (Lipinski definition) is 5. The molecule has 25 heavy (non-hydrogen) atoms. The maximum atomic E-state index is 11.2. The normalized spacial score (nSPS) is 57.6. The van der Waals surface area contributed by atoms with Crippen molar-refractivity contribution in [2.75, 3.05) is 13.2 Å². The molecule has 0 radical (unpaired) electrons. The van der Waals surface area contributed by atoms with Crippen LogP contribution < -0.4 is 0 Å². The van der Waals surface area contributed by atoms with Crippen molar-refractivity contribution in [1.29, 1.82) is 0 Å². The summed E-state index contributed by atoms with van der Waals surface area (Å²) in [4.78, 5) is 0. The molecular formula is C20H32O5. The van der Waals surface area contributed by atoms with Crippen molar-refractivity contribution in [3.05, 3.63) is 11.6 Å². The maximum absolute atomic E-state index is 11.2. The summed E-state index contributed by atoms with van der Waals surface area (Å²) in [6.45, 7) is 3.82. The summed E-state index contributed by atoms with van der Waals surface area (Å²) in [5.74, 6) is -0.00155. The largest absolute Gasteiger partial charge is 0.396 e. The Bertz CT molecular complexity index is 605. The Morgan fingerprint density at radius 1 is 1.04 bits per heavy atom. The smallest absolute Gasteiger partial charge is 0.0964 e. The average molecular weight is 352 g/mol. The minimum Gasteiger partial charge on any atom is -0.396 e. The van der Waals surface area contributed by atoms with E-state index in [0.29, 0.717) is 12.8 Å². The van der Waals surface area contributed by atoms with Gasteiger partial charge in [-0.3, -0.25) is 0 Å². The molecule has 3 saturated carbocycles. The molecule has 3 fully saturated rings. The van der Waals surface area contributed by atoms with E-state index in [1.54, 1.807) is 0 Å². The van der Waals surface area contributed by atoms with Crippen molar-refractivity contribution in [3.8, 4) is 0 Å². The second kappa shape index (κ2) is 5.29. The van der Waals surface area contributed by atoms with Crippen molar-refractivity contribution < 1.29 is 25.5 Å². The summed E-state index contributed by atoms with van der Waals surface area (Å²) in [6, 6.07) is 0. The van der Waals surface area contributed by atoms with Crippen molar-refractivity contribution in [2.24, 2.45) is 28.1 Å². The van der Waals surface area contributed by atoms with Crippen molar-refractivity contribution in [2.45, 2.75) is 70.2 Å². The van der Waals surface area contributed by atoms with Crippen molar-refractivity contribution >= 4 is 0 Å². The molecule has 0 amide bonds. The number of aliphatic hydroxyl groups is 5. The third kappa shape index (κ3) is 1.91. The molecule has 5 N–H and O–H groups in total. The first kappa shape index (κ1) is 17.9. The van der Waals surface area contributed by atoms with Crippen LogP contribution in [-0.4, -0.2) is 56.6 Å². The standard InChI is InChI=1S/C20H32O5/c1-17(10-21)14-4-3-12-7-13-8-20(12,16(24)9-19(13,25)11-22)18(14,2)6-5-15(17)23/h7,13-16,21-25H,3-6,8-11H2,1-2H3. The third-order valence-electron chi connectivity index (χ3n) is 8.92. The third-order valence-corrected chi connectivity index (χ3v) is 8.92. The summed E-state index contributed by atoms with van der Waals surface area (Å²) in [5, 5.41) is 52.5. The van der Waals surface area contributed by atoms with Gasteiger partial charge in [0.2, 0.25) is 0 Å². The molecule has 5 heteroatoms. The van der Waals surface area contributed by atoms with Crippen LogP contribution in [0.15, 0.2) is 11.6 Å². The van der Waals surface area contributed by atoms with Gasteiger partial charge < -0.3 is 25.5 Å². The van der Waals surface area contributed by atoms with Crippen LogP contribution in [0.3, 0.4) is 0 Å². The number of rotatable bonds is 2. The fourth-order valence-electron chi connectivity index (χ4n) is 7.35. The monoisotopic (exact) mass is 352 g/mol. The molecular weight excluding hydrogens is 320 g/mol. The van der Waals surface area contributed by atoms with Crippen molar-refractivity contribution in [1.82, 2.24) is 0 Å². The fraction of sp³-hybridized carbons (Fsp3) is 0.900. The highest BCUT2D eigenvalue weighted by molar-refractivity contribution is 5.37. The van der Waals surface area contributed by atoms with Gasteiger partial charge in [0, 0.05) is 23.2 Å².